The van der Waals surface area contributed by atoms with Crippen molar-refractivity contribution in [1.29, 1.82) is 5.26 Å². The fourth-order valence-corrected chi connectivity index (χ4v) is 1.45. The van der Waals surface area contributed by atoms with E-state index in [4.69, 9.17) is 27.3 Å². The molecule has 0 saturated carbocycles. The monoisotopic (exact) mass is 263 g/mol. The predicted molar refractivity (Wildman–Crippen MR) is 64.8 cm³/mol. The highest BCUT2D eigenvalue weighted by molar-refractivity contribution is 6.30. The van der Waals surface area contributed by atoms with E-state index in [1.54, 1.807) is 0 Å². The fourth-order valence-electron chi connectivity index (χ4n) is 1.29. The summed E-state index contributed by atoms with van der Waals surface area (Å²) in [6.45, 7) is 0. The number of hydrogen-bond acceptors (Lipinski definition) is 4. The Balaban J connectivity index is 2.38. The van der Waals surface area contributed by atoms with Crippen LogP contribution in [-0.2, 0) is 0 Å². The Labute approximate surface area is 107 Å². The molecule has 0 amide bonds. The molecule has 18 heavy (non-hydrogen) atoms. The van der Waals surface area contributed by atoms with Crippen molar-refractivity contribution in [3.8, 4) is 17.7 Å². The number of nitrogens with zero attached hydrogens (tertiary/aromatic N) is 2. The molecule has 1 aromatic heterocycles. The van der Waals surface area contributed by atoms with Crippen LogP contribution in [0.15, 0.2) is 30.5 Å². The van der Waals surface area contributed by atoms with Crippen LogP contribution in [0.2, 0.25) is 5.02 Å². The first kappa shape index (κ1) is 12.1. The summed E-state index contributed by atoms with van der Waals surface area (Å²) < 4.78 is 18.7. The molecule has 1 heterocycles. The smallest absolute Gasteiger partial charge is 0.244 e. The molecule has 0 saturated heterocycles. The Morgan fingerprint density at radius 3 is 2.83 bits per heavy atom. The third-order valence-electron chi connectivity index (χ3n) is 2.17. The molecule has 1 aromatic carbocycles. The highest BCUT2D eigenvalue weighted by atomic mass is 35.5. The van der Waals surface area contributed by atoms with Gasteiger partial charge in [-0.3, -0.25) is 0 Å². The second-order valence-electron chi connectivity index (χ2n) is 3.37. The van der Waals surface area contributed by atoms with E-state index in [1.807, 2.05) is 6.07 Å². The molecule has 2 N–H and O–H groups in total. The van der Waals surface area contributed by atoms with E-state index < -0.39 is 5.82 Å². The van der Waals surface area contributed by atoms with Crippen molar-refractivity contribution in [3.05, 3.63) is 46.9 Å². The van der Waals surface area contributed by atoms with Gasteiger partial charge in [0, 0.05) is 11.2 Å². The van der Waals surface area contributed by atoms with E-state index in [0.717, 1.165) is 6.07 Å². The van der Waals surface area contributed by atoms with Crippen molar-refractivity contribution >= 4 is 17.3 Å². The van der Waals surface area contributed by atoms with Crippen LogP contribution >= 0.6 is 11.6 Å². The van der Waals surface area contributed by atoms with E-state index >= 15 is 0 Å². The lowest BCUT2D eigenvalue weighted by Gasteiger charge is -2.08. The number of pyridine rings is 1. The summed E-state index contributed by atoms with van der Waals surface area (Å²) in [6, 6.07) is 7.28. The number of halogens is 2. The summed E-state index contributed by atoms with van der Waals surface area (Å²) in [5.74, 6) is -0.713. The average Bonchev–Trinajstić information content (AvgIpc) is 2.35. The summed E-state index contributed by atoms with van der Waals surface area (Å²) in [6.07, 6.45) is 1.36. The van der Waals surface area contributed by atoms with Crippen LogP contribution in [0.1, 0.15) is 5.56 Å². The lowest BCUT2D eigenvalue weighted by Crippen LogP contribution is -1.98. The van der Waals surface area contributed by atoms with Crippen LogP contribution in [-0.4, -0.2) is 4.98 Å². The van der Waals surface area contributed by atoms with Crippen LogP contribution in [0.3, 0.4) is 0 Å². The fraction of sp³-hybridized carbons (Fsp3) is 0. The van der Waals surface area contributed by atoms with Gasteiger partial charge in [-0.1, -0.05) is 11.6 Å². The normalized spacial score (nSPS) is 9.83. The molecule has 0 radical (unpaired) electrons. The van der Waals surface area contributed by atoms with Gasteiger partial charge in [-0.2, -0.15) is 5.26 Å². The molecule has 0 bridgehead atoms. The topological polar surface area (TPSA) is 71.9 Å². The van der Waals surface area contributed by atoms with Gasteiger partial charge in [0.1, 0.15) is 11.8 Å². The Hall–Kier alpha value is -2.32. The third kappa shape index (κ3) is 2.34. The van der Waals surface area contributed by atoms with Crippen LogP contribution in [0.25, 0.3) is 0 Å². The molecule has 6 heteroatoms. The quantitative estimate of drug-likeness (QED) is 0.903. The number of hydrogen-bond donors (Lipinski definition) is 1. The van der Waals surface area contributed by atoms with Crippen molar-refractivity contribution < 1.29 is 9.13 Å². The van der Waals surface area contributed by atoms with Gasteiger partial charge < -0.3 is 10.5 Å². The minimum absolute atomic E-state index is 0.0183. The van der Waals surface area contributed by atoms with Crippen molar-refractivity contribution in [1.82, 2.24) is 4.98 Å². The first-order valence-electron chi connectivity index (χ1n) is 4.89. The van der Waals surface area contributed by atoms with Gasteiger partial charge >= 0.3 is 0 Å². The molecule has 0 spiro atoms. The predicted octanol–water partition coefficient (Wildman–Crippen LogP) is 3.12. The Morgan fingerprint density at radius 1 is 1.39 bits per heavy atom. The lowest BCUT2D eigenvalue weighted by atomic mass is 10.2. The van der Waals surface area contributed by atoms with Crippen LogP contribution in [0.5, 0.6) is 11.6 Å². The largest absolute Gasteiger partial charge is 0.434 e. The number of rotatable bonds is 2. The molecule has 0 aliphatic rings. The molecular weight excluding hydrogens is 257 g/mol. The SMILES string of the molecule is N#Cc1ccnc(Oc2ccc(Cl)cc2F)c1N. The lowest BCUT2D eigenvalue weighted by molar-refractivity contribution is 0.429. The zero-order chi connectivity index (χ0) is 13.1. The van der Waals surface area contributed by atoms with E-state index in [2.05, 4.69) is 4.98 Å². The molecule has 0 unspecified atom stereocenters. The van der Waals surface area contributed by atoms with Crippen LogP contribution < -0.4 is 10.5 Å². The van der Waals surface area contributed by atoms with Crippen LogP contribution in [0, 0.1) is 17.1 Å². The Bertz CT molecular complexity index is 640. The molecule has 0 atom stereocenters. The summed E-state index contributed by atoms with van der Waals surface area (Å²) in [7, 11) is 0. The maximum Gasteiger partial charge on any atom is 0.244 e. The standard InChI is InChI=1S/C12H7ClFN3O/c13-8-1-2-10(9(14)5-8)18-12-11(16)7(6-15)3-4-17-12/h1-5H,16H2. The molecule has 0 aliphatic carbocycles. The average molecular weight is 264 g/mol. The number of nitriles is 1. The molecule has 0 fully saturated rings. The Morgan fingerprint density at radius 2 is 2.17 bits per heavy atom. The summed E-state index contributed by atoms with van der Waals surface area (Å²) in [5.41, 5.74) is 5.94. The second kappa shape index (κ2) is 4.90. The molecular formula is C12H7ClFN3O. The van der Waals surface area contributed by atoms with E-state index in [-0.39, 0.29) is 27.9 Å². The molecule has 90 valence electrons. The molecule has 2 aromatic rings. The van der Waals surface area contributed by atoms with Gasteiger partial charge in [-0.25, -0.2) is 9.37 Å². The highest BCUT2D eigenvalue weighted by Gasteiger charge is 2.11. The summed E-state index contributed by atoms with van der Waals surface area (Å²) >= 11 is 5.62. The summed E-state index contributed by atoms with van der Waals surface area (Å²) in [5, 5.41) is 9.05. The maximum absolute atomic E-state index is 13.5. The maximum atomic E-state index is 13.5. The minimum Gasteiger partial charge on any atom is -0.434 e. The zero-order valence-corrected chi connectivity index (χ0v) is 9.78. The molecule has 0 aliphatic heterocycles. The van der Waals surface area contributed by atoms with Gasteiger partial charge in [0.15, 0.2) is 11.6 Å². The van der Waals surface area contributed by atoms with Gasteiger partial charge in [0.25, 0.3) is 0 Å². The van der Waals surface area contributed by atoms with Crippen molar-refractivity contribution in [3.63, 3.8) is 0 Å². The number of nitrogens with two attached hydrogens (primary N) is 1. The minimum atomic E-state index is -0.633. The van der Waals surface area contributed by atoms with E-state index in [9.17, 15) is 4.39 Å². The highest BCUT2D eigenvalue weighted by Crippen LogP contribution is 2.30. The third-order valence-corrected chi connectivity index (χ3v) is 2.41. The van der Waals surface area contributed by atoms with Crippen molar-refractivity contribution in [2.24, 2.45) is 0 Å². The van der Waals surface area contributed by atoms with Gasteiger partial charge in [0.05, 0.1) is 5.56 Å². The first-order chi connectivity index (χ1) is 8.61. The van der Waals surface area contributed by atoms with Crippen molar-refractivity contribution in [2.45, 2.75) is 0 Å². The number of aromatic nitrogens is 1. The van der Waals surface area contributed by atoms with Gasteiger partial charge in [-0.15, -0.1) is 0 Å². The van der Waals surface area contributed by atoms with E-state index in [1.165, 1.54) is 24.4 Å². The van der Waals surface area contributed by atoms with Crippen molar-refractivity contribution in [2.75, 3.05) is 5.73 Å². The first-order valence-corrected chi connectivity index (χ1v) is 5.27. The Kier molecular flexibility index (Phi) is 3.31. The summed E-state index contributed by atoms with van der Waals surface area (Å²) in [4.78, 5) is 3.85. The van der Waals surface area contributed by atoms with Gasteiger partial charge in [-0.05, 0) is 24.3 Å². The number of anilines is 1. The number of benzene rings is 1. The number of ether oxygens (including phenoxy) is 1. The number of nitrogen functional groups attached to an aromatic ring is 1. The van der Waals surface area contributed by atoms with E-state index in [0.29, 0.717) is 0 Å². The van der Waals surface area contributed by atoms with Crippen LogP contribution in [0.4, 0.5) is 10.1 Å². The second-order valence-corrected chi connectivity index (χ2v) is 3.80. The zero-order valence-electron chi connectivity index (χ0n) is 9.02. The molecule has 2 rings (SSSR count). The molecule has 4 nitrogen and oxygen atoms in total. The van der Waals surface area contributed by atoms with Gasteiger partial charge in [0.2, 0.25) is 5.88 Å².